The maximum absolute atomic E-state index is 6.11. The molecular weight excluding hydrogens is 267 g/mol. The number of anilines is 1. The molecule has 0 saturated heterocycles. The van der Waals surface area contributed by atoms with Gasteiger partial charge in [-0.1, -0.05) is 23.2 Å². The average molecular weight is 283 g/mol. The van der Waals surface area contributed by atoms with Crippen molar-refractivity contribution in [2.24, 2.45) is 7.05 Å². The van der Waals surface area contributed by atoms with Gasteiger partial charge in [-0.3, -0.25) is 0 Å². The molecule has 0 radical (unpaired) electrons. The summed E-state index contributed by atoms with van der Waals surface area (Å²) >= 11 is 12.1. The molecule has 0 amide bonds. The SMILES string of the molecule is Cc1cc(CNc2cc(Cl)ccc2Cl)c(C)n1C. The molecule has 1 aromatic heterocycles. The molecular formula is C14H16Cl2N2. The Bertz CT molecular complexity index is 573. The van der Waals surface area contributed by atoms with Crippen molar-refractivity contribution in [3.8, 4) is 0 Å². The van der Waals surface area contributed by atoms with Gasteiger partial charge in [0.15, 0.2) is 0 Å². The molecule has 2 nitrogen and oxygen atoms in total. The van der Waals surface area contributed by atoms with E-state index in [1.54, 1.807) is 12.1 Å². The summed E-state index contributed by atoms with van der Waals surface area (Å²) in [6.07, 6.45) is 0. The molecule has 0 aliphatic rings. The summed E-state index contributed by atoms with van der Waals surface area (Å²) < 4.78 is 2.18. The molecule has 1 N–H and O–H groups in total. The number of halogens is 2. The minimum absolute atomic E-state index is 0.683. The Kier molecular flexibility index (Phi) is 3.88. The molecule has 0 atom stereocenters. The second-order valence-electron chi connectivity index (χ2n) is 4.43. The highest BCUT2D eigenvalue weighted by atomic mass is 35.5. The van der Waals surface area contributed by atoms with E-state index in [-0.39, 0.29) is 0 Å². The summed E-state index contributed by atoms with van der Waals surface area (Å²) in [6, 6.07) is 7.61. The fourth-order valence-corrected chi connectivity index (χ4v) is 2.29. The van der Waals surface area contributed by atoms with Gasteiger partial charge in [-0.05, 0) is 43.7 Å². The topological polar surface area (TPSA) is 17.0 Å². The summed E-state index contributed by atoms with van der Waals surface area (Å²) in [6.45, 7) is 4.96. The maximum Gasteiger partial charge on any atom is 0.0638 e. The van der Waals surface area contributed by atoms with Crippen LogP contribution in [0.4, 0.5) is 5.69 Å². The highest BCUT2D eigenvalue weighted by Crippen LogP contribution is 2.26. The van der Waals surface area contributed by atoms with E-state index < -0.39 is 0 Å². The van der Waals surface area contributed by atoms with Gasteiger partial charge < -0.3 is 9.88 Å². The summed E-state index contributed by atoms with van der Waals surface area (Å²) in [7, 11) is 2.07. The van der Waals surface area contributed by atoms with Crippen LogP contribution in [0.2, 0.25) is 10.0 Å². The van der Waals surface area contributed by atoms with Crippen molar-refractivity contribution in [3.05, 3.63) is 51.3 Å². The van der Waals surface area contributed by atoms with Gasteiger partial charge in [0.2, 0.25) is 0 Å². The van der Waals surface area contributed by atoms with Crippen LogP contribution < -0.4 is 5.32 Å². The van der Waals surface area contributed by atoms with E-state index >= 15 is 0 Å². The van der Waals surface area contributed by atoms with E-state index in [0.29, 0.717) is 10.0 Å². The van der Waals surface area contributed by atoms with E-state index in [9.17, 15) is 0 Å². The first-order chi connectivity index (χ1) is 8.49. The average Bonchev–Trinajstić information content (AvgIpc) is 2.58. The lowest BCUT2D eigenvalue weighted by Gasteiger charge is -2.09. The summed E-state index contributed by atoms with van der Waals surface area (Å²) in [5, 5.41) is 4.69. The maximum atomic E-state index is 6.11. The van der Waals surface area contributed by atoms with E-state index in [0.717, 1.165) is 12.2 Å². The van der Waals surface area contributed by atoms with Crippen molar-refractivity contribution in [1.82, 2.24) is 4.57 Å². The van der Waals surface area contributed by atoms with Crippen LogP contribution >= 0.6 is 23.2 Å². The van der Waals surface area contributed by atoms with Crippen LogP contribution in [0.1, 0.15) is 17.0 Å². The van der Waals surface area contributed by atoms with Crippen LogP contribution in [0.25, 0.3) is 0 Å². The molecule has 0 fully saturated rings. The van der Waals surface area contributed by atoms with Gasteiger partial charge >= 0.3 is 0 Å². The molecule has 0 aliphatic heterocycles. The molecule has 0 unspecified atom stereocenters. The number of rotatable bonds is 3. The van der Waals surface area contributed by atoms with Crippen molar-refractivity contribution in [3.63, 3.8) is 0 Å². The van der Waals surface area contributed by atoms with E-state index in [4.69, 9.17) is 23.2 Å². The fraction of sp³-hybridized carbons (Fsp3) is 0.286. The Balaban J connectivity index is 2.16. The third-order valence-electron chi connectivity index (χ3n) is 3.28. The summed E-state index contributed by atoms with van der Waals surface area (Å²) in [5.74, 6) is 0. The molecule has 0 bridgehead atoms. The lowest BCUT2D eigenvalue weighted by molar-refractivity contribution is 0.837. The molecule has 1 aromatic carbocycles. The second-order valence-corrected chi connectivity index (χ2v) is 5.28. The van der Waals surface area contributed by atoms with E-state index in [1.807, 2.05) is 6.07 Å². The number of nitrogens with zero attached hydrogens (tertiary/aromatic N) is 1. The molecule has 96 valence electrons. The largest absolute Gasteiger partial charge is 0.380 e. The Hall–Kier alpha value is -1.12. The van der Waals surface area contributed by atoms with Gasteiger partial charge in [0.05, 0.1) is 10.7 Å². The van der Waals surface area contributed by atoms with Gasteiger partial charge in [-0.15, -0.1) is 0 Å². The zero-order chi connectivity index (χ0) is 13.3. The molecule has 4 heteroatoms. The first-order valence-corrected chi connectivity index (χ1v) is 6.55. The van der Waals surface area contributed by atoms with Crippen LogP contribution in [0.3, 0.4) is 0 Å². The number of aryl methyl sites for hydroxylation is 1. The van der Waals surface area contributed by atoms with Gasteiger partial charge in [-0.25, -0.2) is 0 Å². The lowest BCUT2D eigenvalue weighted by Crippen LogP contribution is -2.01. The molecule has 1 heterocycles. The zero-order valence-corrected chi connectivity index (χ0v) is 12.2. The van der Waals surface area contributed by atoms with E-state index in [1.165, 1.54) is 17.0 Å². The Morgan fingerprint density at radius 1 is 1.17 bits per heavy atom. The van der Waals surface area contributed by atoms with E-state index in [2.05, 4.69) is 36.8 Å². The first-order valence-electron chi connectivity index (χ1n) is 5.79. The highest BCUT2D eigenvalue weighted by molar-refractivity contribution is 6.35. The third kappa shape index (κ3) is 2.65. The van der Waals surface area contributed by atoms with Crippen LogP contribution in [0.15, 0.2) is 24.3 Å². The molecule has 0 aliphatic carbocycles. The third-order valence-corrected chi connectivity index (χ3v) is 3.84. The van der Waals surface area contributed by atoms with Crippen molar-refractivity contribution in [2.75, 3.05) is 5.32 Å². The Morgan fingerprint density at radius 2 is 1.89 bits per heavy atom. The molecule has 2 rings (SSSR count). The minimum atomic E-state index is 0.683. The van der Waals surface area contributed by atoms with Crippen LogP contribution in [0.5, 0.6) is 0 Å². The normalized spacial score (nSPS) is 10.7. The predicted molar refractivity (Wildman–Crippen MR) is 78.7 cm³/mol. The van der Waals surface area contributed by atoms with Crippen molar-refractivity contribution < 1.29 is 0 Å². The molecule has 18 heavy (non-hydrogen) atoms. The number of nitrogens with one attached hydrogen (secondary N) is 1. The van der Waals surface area contributed by atoms with Crippen molar-refractivity contribution in [2.45, 2.75) is 20.4 Å². The van der Waals surface area contributed by atoms with Gasteiger partial charge in [0, 0.05) is 30.0 Å². The summed E-state index contributed by atoms with van der Waals surface area (Å²) in [5.41, 5.74) is 4.65. The molecule has 0 spiro atoms. The van der Waals surface area contributed by atoms with Crippen LogP contribution in [-0.4, -0.2) is 4.57 Å². The predicted octanol–water partition coefficient (Wildman–Crippen LogP) is 4.56. The second kappa shape index (κ2) is 5.25. The number of benzene rings is 1. The number of aromatic nitrogens is 1. The Morgan fingerprint density at radius 3 is 2.50 bits per heavy atom. The smallest absolute Gasteiger partial charge is 0.0638 e. The highest BCUT2D eigenvalue weighted by Gasteiger charge is 2.07. The standard InChI is InChI=1S/C14H16Cl2N2/c1-9-6-11(10(2)18(9)3)8-17-14-7-12(15)4-5-13(14)16/h4-7,17H,8H2,1-3H3. The monoisotopic (exact) mass is 282 g/mol. The zero-order valence-electron chi connectivity index (χ0n) is 10.7. The van der Waals surface area contributed by atoms with Crippen molar-refractivity contribution >= 4 is 28.9 Å². The number of hydrogen-bond acceptors (Lipinski definition) is 1. The van der Waals surface area contributed by atoms with Gasteiger partial charge in [0.25, 0.3) is 0 Å². The van der Waals surface area contributed by atoms with Crippen molar-refractivity contribution in [1.29, 1.82) is 0 Å². The van der Waals surface area contributed by atoms with Gasteiger partial charge in [-0.2, -0.15) is 0 Å². The lowest BCUT2D eigenvalue weighted by atomic mass is 10.2. The van der Waals surface area contributed by atoms with Gasteiger partial charge in [0.1, 0.15) is 0 Å². The van der Waals surface area contributed by atoms with Crippen LogP contribution in [-0.2, 0) is 13.6 Å². The summed E-state index contributed by atoms with van der Waals surface area (Å²) in [4.78, 5) is 0. The minimum Gasteiger partial charge on any atom is -0.380 e. The van der Waals surface area contributed by atoms with Crippen LogP contribution in [0, 0.1) is 13.8 Å². The molecule has 0 saturated carbocycles. The number of hydrogen-bond donors (Lipinski definition) is 1. The quantitative estimate of drug-likeness (QED) is 0.873. The molecule has 2 aromatic rings. The Labute approximate surface area is 118 Å². The fourth-order valence-electron chi connectivity index (χ4n) is 1.94. The first kappa shape index (κ1) is 13.3.